The molecule has 1 amide bonds. The van der Waals surface area contributed by atoms with Crippen molar-refractivity contribution in [1.29, 1.82) is 5.26 Å². The molecule has 0 aromatic heterocycles. The molecule has 1 atom stereocenters. The van der Waals surface area contributed by atoms with E-state index in [1.165, 1.54) is 0 Å². The van der Waals surface area contributed by atoms with Crippen LogP contribution in [-0.4, -0.2) is 22.7 Å². The molecule has 18 heavy (non-hydrogen) atoms. The number of amides is 1. The quantitative estimate of drug-likeness (QED) is 0.780. The highest BCUT2D eigenvalue weighted by Crippen LogP contribution is 2.18. The molecule has 0 bridgehead atoms. The molecule has 1 rings (SSSR count). The van der Waals surface area contributed by atoms with Crippen LogP contribution in [0.1, 0.15) is 18.9 Å². The van der Waals surface area contributed by atoms with Crippen LogP contribution in [0.3, 0.4) is 0 Å². The minimum absolute atomic E-state index is 0.188. The Hall–Kier alpha value is -1.24. The van der Waals surface area contributed by atoms with E-state index in [1.54, 1.807) is 17.9 Å². The highest BCUT2D eigenvalue weighted by atomic mass is 35.5. The van der Waals surface area contributed by atoms with Crippen molar-refractivity contribution in [1.82, 2.24) is 4.90 Å². The number of carbonyl (C=O) groups excluding carboxylic acids is 1. The van der Waals surface area contributed by atoms with Crippen LogP contribution in [0.5, 0.6) is 0 Å². The van der Waals surface area contributed by atoms with E-state index in [0.717, 1.165) is 5.56 Å². The third kappa shape index (κ3) is 4.21. The first-order chi connectivity index (χ1) is 8.56. The van der Waals surface area contributed by atoms with E-state index in [1.807, 2.05) is 24.3 Å². The lowest BCUT2D eigenvalue weighted by atomic mass is 10.2. The average molecular weight is 285 g/mol. The zero-order valence-corrected chi connectivity index (χ0v) is 11.6. The molecule has 0 radical (unpaired) electrons. The Morgan fingerprint density at radius 3 is 2.72 bits per heavy atom. The van der Waals surface area contributed by atoms with Crippen molar-refractivity contribution in [2.45, 2.75) is 25.3 Å². The van der Waals surface area contributed by atoms with E-state index in [0.29, 0.717) is 18.1 Å². The maximum absolute atomic E-state index is 11.9. The van der Waals surface area contributed by atoms with E-state index < -0.39 is 5.38 Å². The standard InChI is InChI=1S/C13H14Cl2N2O/c1-10(14)13(18)17(8-4-7-16)9-11-5-2-3-6-12(11)15/h2-3,5-6,10H,4,8-9H2,1H3. The van der Waals surface area contributed by atoms with Gasteiger partial charge in [-0.25, -0.2) is 0 Å². The summed E-state index contributed by atoms with van der Waals surface area (Å²) in [5, 5.41) is 8.61. The van der Waals surface area contributed by atoms with E-state index in [4.69, 9.17) is 28.5 Å². The number of rotatable bonds is 5. The van der Waals surface area contributed by atoms with Gasteiger partial charge in [-0.2, -0.15) is 5.26 Å². The average Bonchev–Trinajstić information content (AvgIpc) is 2.35. The molecule has 0 saturated heterocycles. The number of halogens is 2. The van der Waals surface area contributed by atoms with Gasteiger partial charge in [0.05, 0.1) is 12.5 Å². The number of carbonyl (C=O) groups is 1. The summed E-state index contributed by atoms with van der Waals surface area (Å²) >= 11 is 11.9. The first-order valence-corrected chi connectivity index (χ1v) is 6.41. The highest BCUT2D eigenvalue weighted by Gasteiger charge is 2.19. The van der Waals surface area contributed by atoms with Crippen LogP contribution in [-0.2, 0) is 11.3 Å². The SMILES string of the molecule is CC(Cl)C(=O)N(CCC#N)Cc1ccccc1Cl. The number of benzene rings is 1. The molecule has 3 nitrogen and oxygen atoms in total. The Labute approximate surface area is 117 Å². The lowest BCUT2D eigenvalue weighted by molar-refractivity contribution is -0.131. The first kappa shape index (κ1) is 14.8. The summed E-state index contributed by atoms with van der Waals surface area (Å²) in [6.07, 6.45) is 0.278. The third-order valence-corrected chi connectivity index (χ3v) is 3.02. The molecule has 0 aliphatic rings. The van der Waals surface area contributed by atoms with Crippen molar-refractivity contribution in [3.8, 4) is 6.07 Å². The van der Waals surface area contributed by atoms with Crippen LogP contribution in [0.2, 0.25) is 5.02 Å². The predicted octanol–water partition coefficient (Wildman–Crippen LogP) is 3.21. The van der Waals surface area contributed by atoms with Crippen molar-refractivity contribution >= 4 is 29.1 Å². The molecule has 96 valence electrons. The van der Waals surface area contributed by atoms with Gasteiger partial charge in [-0.15, -0.1) is 11.6 Å². The molecule has 0 N–H and O–H groups in total. The van der Waals surface area contributed by atoms with Crippen LogP contribution in [0.25, 0.3) is 0 Å². The molecule has 0 fully saturated rings. The summed E-state index contributed by atoms with van der Waals surface area (Å²) in [7, 11) is 0. The minimum Gasteiger partial charge on any atom is -0.336 e. The Balaban J connectivity index is 2.82. The molecule has 1 unspecified atom stereocenters. The van der Waals surface area contributed by atoms with Gasteiger partial charge in [0.15, 0.2) is 0 Å². The van der Waals surface area contributed by atoms with Gasteiger partial charge < -0.3 is 4.90 Å². The zero-order valence-electron chi connectivity index (χ0n) is 10.1. The van der Waals surface area contributed by atoms with E-state index in [2.05, 4.69) is 0 Å². The molecule has 0 aliphatic carbocycles. The summed E-state index contributed by atoms with van der Waals surface area (Å²) in [6.45, 7) is 2.35. The fourth-order valence-corrected chi connectivity index (χ4v) is 1.87. The Kier molecular flexibility index (Phi) is 5.97. The molecular formula is C13H14Cl2N2O. The number of nitriles is 1. The van der Waals surface area contributed by atoms with Crippen LogP contribution < -0.4 is 0 Å². The number of alkyl halides is 1. The summed E-state index contributed by atoms with van der Waals surface area (Å²) in [4.78, 5) is 13.5. The number of hydrogen-bond acceptors (Lipinski definition) is 2. The van der Waals surface area contributed by atoms with E-state index in [9.17, 15) is 4.79 Å². The molecule has 5 heteroatoms. The van der Waals surface area contributed by atoms with Gasteiger partial charge in [-0.05, 0) is 18.6 Å². The largest absolute Gasteiger partial charge is 0.336 e. The monoisotopic (exact) mass is 284 g/mol. The Bertz CT molecular complexity index is 455. The molecule has 0 aliphatic heterocycles. The van der Waals surface area contributed by atoms with E-state index in [-0.39, 0.29) is 12.3 Å². The van der Waals surface area contributed by atoms with Gasteiger partial charge in [0.1, 0.15) is 5.38 Å². The number of hydrogen-bond donors (Lipinski definition) is 0. The second-order valence-corrected chi connectivity index (χ2v) is 4.94. The van der Waals surface area contributed by atoms with Crippen molar-refractivity contribution in [2.75, 3.05) is 6.54 Å². The summed E-state index contributed by atoms with van der Waals surface area (Å²) in [6, 6.07) is 9.34. The highest BCUT2D eigenvalue weighted by molar-refractivity contribution is 6.31. The van der Waals surface area contributed by atoms with Crippen LogP contribution in [0, 0.1) is 11.3 Å². The lowest BCUT2D eigenvalue weighted by Crippen LogP contribution is -2.36. The third-order valence-electron chi connectivity index (χ3n) is 2.46. The fraction of sp³-hybridized carbons (Fsp3) is 0.385. The van der Waals surface area contributed by atoms with Crippen molar-refractivity contribution in [2.24, 2.45) is 0 Å². The van der Waals surface area contributed by atoms with Gasteiger partial charge >= 0.3 is 0 Å². The molecule has 0 saturated carbocycles. The maximum atomic E-state index is 11.9. The molecule has 0 spiro atoms. The summed E-state index contributed by atoms with van der Waals surface area (Å²) in [5.74, 6) is -0.188. The van der Waals surface area contributed by atoms with Crippen LogP contribution in [0.4, 0.5) is 0 Å². The van der Waals surface area contributed by atoms with Gasteiger partial charge in [-0.1, -0.05) is 29.8 Å². The fourth-order valence-electron chi connectivity index (χ4n) is 1.54. The zero-order chi connectivity index (χ0) is 13.5. The van der Waals surface area contributed by atoms with Gasteiger partial charge in [-0.3, -0.25) is 4.79 Å². The van der Waals surface area contributed by atoms with Crippen LogP contribution >= 0.6 is 23.2 Å². The summed E-state index contributed by atoms with van der Waals surface area (Å²) in [5.41, 5.74) is 0.850. The summed E-state index contributed by atoms with van der Waals surface area (Å²) < 4.78 is 0. The van der Waals surface area contributed by atoms with Gasteiger partial charge in [0.2, 0.25) is 5.91 Å². The first-order valence-electron chi connectivity index (χ1n) is 5.59. The number of nitrogens with zero attached hydrogens (tertiary/aromatic N) is 2. The molecular weight excluding hydrogens is 271 g/mol. The van der Waals surface area contributed by atoms with Gasteiger partial charge in [0, 0.05) is 18.1 Å². The smallest absolute Gasteiger partial charge is 0.240 e. The Morgan fingerprint density at radius 2 is 2.17 bits per heavy atom. The van der Waals surface area contributed by atoms with Crippen LogP contribution in [0.15, 0.2) is 24.3 Å². The van der Waals surface area contributed by atoms with Crippen molar-refractivity contribution in [3.63, 3.8) is 0 Å². The lowest BCUT2D eigenvalue weighted by Gasteiger charge is -2.23. The molecule has 0 heterocycles. The molecule has 1 aromatic carbocycles. The topological polar surface area (TPSA) is 44.1 Å². The predicted molar refractivity (Wildman–Crippen MR) is 72.4 cm³/mol. The maximum Gasteiger partial charge on any atom is 0.240 e. The normalized spacial score (nSPS) is 11.7. The minimum atomic E-state index is -0.605. The van der Waals surface area contributed by atoms with Crippen molar-refractivity contribution in [3.05, 3.63) is 34.9 Å². The second-order valence-electron chi connectivity index (χ2n) is 3.88. The Morgan fingerprint density at radius 1 is 1.50 bits per heavy atom. The second kappa shape index (κ2) is 7.25. The van der Waals surface area contributed by atoms with Gasteiger partial charge in [0.25, 0.3) is 0 Å². The van der Waals surface area contributed by atoms with E-state index >= 15 is 0 Å². The molecule has 1 aromatic rings. The van der Waals surface area contributed by atoms with Crippen molar-refractivity contribution < 1.29 is 4.79 Å².